The number of carboxylic acids is 1. The number of aromatic nitrogens is 3. The van der Waals surface area contributed by atoms with Crippen LogP contribution in [0.25, 0.3) is 0 Å². The molecule has 1 heterocycles. The second-order valence-electron chi connectivity index (χ2n) is 5.45. The van der Waals surface area contributed by atoms with Gasteiger partial charge in [-0.1, -0.05) is 27.2 Å². The summed E-state index contributed by atoms with van der Waals surface area (Å²) < 4.78 is 0. The molecular weight excluding hydrogens is 272 g/mol. The van der Waals surface area contributed by atoms with Gasteiger partial charge < -0.3 is 10.4 Å². The molecule has 0 saturated carbocycles. The summed E-state index contributed by atoms with van der Waals surface area (Å²) in [6.45, 7) is 6.47. The smallest absolute Gasteiger partial charge is 0.303 e. The topological polar surface area (TPSA) is 108 Å². The van der Waals surface area contributed by atoms with Crippen LogP contribution in [-0.4, -0.2) is 38.7 Å². The van der Waals surface area contributed by atoms with Crippen molar-refractivity contribution in [2.75, 3.05) is 6.54 Å². The Morgan fingerprint density at radius 1 is 1.33 bits per heavy atom. The molecule has 21 heavy (non-hydrogen) atoms. The number of aliphatic carboxylic acids is 1. The monoisotopic (exact) mass is 296 g/mol. The summed E-state index contributed by atoms with van der Waals surface area (Å²) >= 11 is 0. The van der Waals surface area contributed by atoms with Crippen molar-refractivity contribution >= 4 is 11.9 Å². The Bertz CT molecular complexity index is 471. The van der Waals surface area contributed by atoms with Gasteiger partial charge in [-0.2, -0.15) is 0 Å². The minimum absolute atomic E-state index is 0.150. The fraction of sp³-hybridized carbons (Fsp3) is 0.714. The molecule has 1 rings (SSSR count). The van der Waals surface area contributed by atoms with Gasteiger partial charge in [0.05, 0.1) is 0 Å². The van der Waals surface area contributed by atoms with Gasteiger partial charge in [0.1, 0.15) is 5.82 Å². The van der Waals surface area contributed by atoms with Crippen molar-refractivity contribution in [1.82, 2.24) is 20.5 Å². The molecule has 1 atom stereocenters. The van der Waals surface area contributed by atoms with Gasteiger partial charge in [0.15, 0.2) is 0 Å². The summed E-state index contributed by atoms with van der Waals surface area (Å²) in [4.78, 5) is 26.6. The van der Waals surface area contributed by atoms with Gasteiger partial charge in [0.25, 0.3) is 5.91 Å². The molecule has 0 aromatic carbocycles. The van der Waals surface area contributed by atoms with E-state index in [-0.39, 0.29) is 24.1 Å². The van der Waals surface area contributed by atoms with Crippen molar-refractivity contribution in [3.8, 4) is 0 Å². The van der Waals surface area contributed by atoms with E-state index in [0.29, 0.717) is 24.7 Å². The van der Waals surface area contributed by atoms with Gasteiger partial charge in [-0.05, 0) is 18.8 Å². The average molecular weight is 296 g/mol. The molecule has 3 N–H and O–H groups in total. The molecular formula is C14H24N4O3. The first-order valence-electron chi connectivity index (χ1n) is 7.36. The molecule has 1 amide bonds. The van der Waals surface area contributed by atoms with Crippen LogP contribution >= 0.6 is 0 Å². The second-order valence-corrected chi connectivity index (χ2v) is 5.45. The average Bonchev–Trinajstić information content (AvgIpc) is 2.92. The molecule has 0 bridgehead atoms. The van der Waals surface area contributed by atoms with E-state index in [1.165, 1.54) is 0 Å². The number of hydrogen-bond donors (Lipinski definition) is 3. The third-order valence-electron chi connectivity index (χ3n) is 3.43. The lowest BCUT2D eigenvalue weighted by Gasteiger charge is -2.13. The third kappa shape index (κ3) is 5.93. The molecule has 1 aromatic rings. The minimum atomic E-state index is -0.778. The molecule has 0 aliphatic carbocycles. The lowest BCUT2D eigenvalue weighted by molar-refractivity contribution is -0.137. The Hall–Kier alpha value is -1.92. The van der Waals surface area contributed by atoms with Gasteiger partial charge in [-0.3, -0.25) is 14.7 Å². The van der Waals surface area contributed by atoms with E-state index in [9.17, 15) is 9.59 Å². The highest BCUT2D eigenvalue weighted by Crippen LogP contribution is 2.14. The number of nitrogens with one attached hydrogen (secondary N) is 2. The summed E-state index contributed by atoms with van der Waals surface area (Å²) in [5.41, 5.74) is 0. The van der Waals surface area contributed by atoms with E-state index >= 15 is 0 Å². The zero-order valence-corrected chi connectivity index (χ0v) is 12.8. The van der Waals surface area contributed by atoms with Gasteiger partial charge in [0, 0.05) is 18.9 Å². The van der Waals surface area contributed by atoms with Crippen molar-refractivity contribution in [3.63, 3.8) is 0 Å². The quantitative estimate of drug-likeness (QED) is 0.645. The van der Waals surface area contributed by atoms with Gasteiger partial charge in [-0.25, -0.2) is 4.98 Å². The molecule has 7 nitrogen and oxygen atoms in total. The fourth-order valence-corrected chi connectivity index (χ4v) is 1.98. The van der Waals surface area contributed by atoms with Crippen LogP contribution in [0.2, 0.25) is 0 Å². The van der Waals surface area contributed by atoms with Crippen molar-refractivity contribution in [3.05, 3.63) is 11.6 Å². The van der Waals surface area contributed by atoms with E-state index in [1.807, 2.05) is 20.8 Å². The Balaban J connectivity index is 2.36. The first kappa shape index (κ1) is 17.1. The van der Waals surface area contributed by atoms with Crippen LogP contribution in [0.1, 0.15) is 68.8 Å². The molecule has 0 fully saturated rings. The molecule has 1 aromatic heterocycles. The number of H-pyrrole nitrogens is 1. The van der Waals surface area contributed by atoms with E-state index in [4.69, 9.17) is 5.11 Å². The lowest BCUT2D eigenvalue weighted by Crippen LogP contribution is -2.27. The molecule has 7 heteroatoms. The molecule has 1 unspecified atom stereocenters. The predicted octanol–water partition coefficient (Wildman–Crippen LogP) is 1.94. The maximum absolute atomic E-state index is 11.9. The van der Waals surface area contributed by atoms with Crippen LogP contribution in [0.5, 0.6) is 0 Å². The molecule has 118 valence electrons. The summed E-state index contributed by atoms with van der Waals surface area (Å²) in [5.74, 6) is 0.260. The maximum Gasteiger partial charge on any atom is 0.303 e. The van der Waals surface area contributed by atoms with Crippen LogP contribution in [0, 0.1) is 5.92 Å². The van der Waals surface area contributed by atoms with E-state index in [2.05, 4.69) is 20.5 Å². The summed E-state index contributed by atoms with van der Waals surface area (Å²) in [6.07, 6.45) is 2.48. The number of carbonyl (C=O) groups is 2. The summed E-state index contributed by atoms with van der Waals surface area (Å²) in [6, 6.07) is 0. The first-order valence-corrected chi connectivity index (χ1v) is 7.36. The Labute approximate surface area is 124 Å². The van der Waals surface area contributed by atoms with Crippen LogP contribution < -0.4 is 5.32 Å². The number of rotatable bonds is 9. The first-order chi connectivity index (χ1) is 9.93. The number of amides is 1. The SMILES string of the molecule is CCC(CCNC(=O)c1n[nH]c(C(C)C)n1)CCC(=O)O. The highest BCUT2D eigenvalue weighted by Gasteiger charge is 2.14. The van der Waals surface area contributed by atoms with Crippen LogP contribution in [0.15, 0.2) is 0 Å². The normalized spacial score (nSPS) is 12.4. The number of aromatic amines is 1. The number of carbonyl (C=O) groups excluding carboxylic acids is 1. The van der Waals surface area contributed by atoms with Gasteiger partial charge in [-0.15, -0.1) is 5.10 Å². The van der Waals surface area contributed by atoms with E-state index in [1.54, 1.807) is 0 Å². The predicted molar refractivity (Wildman–Crippen MR) is 78.1 cm³/mol. The fourth-order valence-electron chi connectivity index (χ4n) is 1.98. The highest BCUT2D eigenvalue weighted by molar-refractivity contribution is 5.90. The second kappa shape index (κ2) is 8.39. The Morgan fingerprint density at radius 2 is 2.05 bits per heavy atom. The number of carboxylic acid groups (broad SMARTS) is 1. The zero-order chi connectivity index (χ0) is 15.8. The lowest BCUT2D eigenvalue weighted by atomic mass is 9.97. The van der Waals surface area contributed by atoms with E-state index < -0.39 is 5.97 Å². The molecule has 0 radical (unpaired) electrons. The Kier molecular flexibility index (Phi) is 6.84. The third-order valence-corrected chi connectivity index (χ3v) is 3.43. The van der Waals surface area contributed by atoms with Crippen LogP contribution in [0.4, 0.5) is 0 Å². The summed E-state index contributed by atoms with van der Waals surface area (Å²) in [7, 11) is 0. The molecule has 0 aliphatic rings. The van der Waals surface area contributed by atoms with Crippen molar-refractivity contribution < 1.29 is 14.7 Å². The van der Waals surface area contributed by atoms with Gasteiger partial charge in [0.2, 0.25) is 5.82 Å². The van der Waals surface area contributed by atoms with Crippen LogP contribution in [-0.2, 0) is 4.79 Å². The van der Waals surface area contributed by atoms with Crippen LogP contribution in [0.3, 0.4) is 0 Å². The van der Waals surface area contributed by atoms with Crippen molar-refractivity contribution in [1.29, 1.82) is 0 Å². The van der Waals surface area contributed by atoms with Crippen molar-refractivity contribution in [2.24, 2.45) is 5.92 Å². The Morgan fingerprint density at radius 3 is 2.57 bits per heavy atom. The largest absolute Gasteiger partial charge is 0.481 e. The highest BCUT2D eigenvalue weighted by atomic mass is 16.4. The molecule has 0 aliphatic heterocycles. The number of hydrogen-bond acceptors (Lipinski definition) is 4. The minimum Gasteiger partial charge on any atom is -0.481 e. The zero-order valence-electron chi connectivity index (χ0n) is 12.8. The maximum atomic E-state index is 11.9. The standard InChI is InChI=1S/C14H24N4O3/c1-4-10(5-6-11(19)20)7-8-15-14(21)13-16-12(9(2)3)17-18-13/h9-10H,4-8H2,1-3H3,(H,15,21)(H,19,20)(H,16,17,18). The van der Waals surface area contributed by atoms with Crippen molar-refractivity contribution in [2.45, 2.75) is 52.4 Å². The van der Waals surface area contributed by atoms with E-state index in [0.717, 1.165) is 12.8 Å². The molecule has 0 saturated heterocycles. The molecule has 0 spiro atoms. The summed E-state index contributed by atoms with van der Waals surface area (Å²) in [5, 5.41) is 18.1. The number of nitrogens with zero attached hydrogens (tertiary/aromatic N) is 2. The van der Waals surface area contributed by atoms with Gasteiger partial charge >= 0.3 is 5.97 Å².